The van der Waals surface area contributed by atoms with Crippen molar-refractivity contribution in [2.24, 2.45) is 0 Å². The summed E-state index contributed by atoms with van der Waals surface area (Å²) in [6.45, 7) is 1.79. The SMILES string of the molecule is CCc1ncc(S(=O)(=O)Nc2ccc([N+](=O)[O-])cc2F)[nH]1. The molecule has 0 amide bonds. The number of H-pyrrole nitrogens is 1. The Kier molecular flexibility index (Phi) is 3.89. The minimum absolute atomic E-state index is 0.211. The summed E-state index contributed by atoms with van der Waals surface area (Å²) in [6.07, 6.45) is 1.63. The Hall–Kier alpha value is -2.49. The number of aromatic amines is 1. The minimum atomic E-state index is -4.04. The number of rotatable bonds is 5. The fourth-order valence-electron chi connectivity index (χ4n) is 1.56. The van der Waals surface area contributed by atoms with E-state index in [2.05, 4.69) is 9.97 Å². The quantitative estimate of drug-likeness (QED) is 0.644. The van der Waals surface area contributed by atoms with Gasteiger partial charge in [-0.15, -0.1) is 0 Å². The van der Waals surface area contributed by atoms with Crippen molar-refractivity contribution in [3.63, 3.8) is 0 Å². The van der Waals surface area contributed by atoms with Crippen LogP contribution in [-0.2, 0) is 16.4 Å². The van der Waals surface area contributed by atoms with Gasteiger partial charge in [0.25, 0.3) is 15.7 Å². The zero-order chi connectivity index (χ0) is 15.6. The molecule has 2 aromatic rings. The fraction of sp³-hybridized carbons (Fsp3) is 0.182. The standard InChI is InChI=1S/C11H11FN4O4S/c1-2-10-13-6-11(14-10)21(19,20)15-9-4-3-7(16(17)18)5-8(9)12/h3-6,15H,2H2,1H3,(H,13,14). The molecular weight excluding hydrogens is 303 g/mol. The van der Waals surface area contributed by atoms with E-state index in [0.29, 0.717) is 18.3 Å². The molecule has 0 aliphatic rings. The van der Waals surface area contributed by atoms with E-state index < -0.39 is 26.5 Å². The molecule has 0 aliphatic carbocycles. The topological polar surface area (TPSA) is 118 Å². The van der Waals surface area contributed by atoms with Crippen LogP contribution >= 0.6 is 0 Å². The molecule has 2 N–H and O–H groups in total. The first kappa shape index (κ1) is 14.9. The van der Waals surface area contributed by atoms with E-state index in [0.717, 1.165) is 18.3 Å². The highest BCUT2D eigenvalue weighted by molar-refractivity contribution is 7.92. The summed E-state index contributed by atoms with van der Waals surface area (Å²) in [5.74, 6) is -0.567. The van der Waals surface area contributed by atoms with Crippen molar-refractivity contribution in [3.05, 3.63) is 46.2 Å². The molecule has 10 heteroatoms. The van der Waals surface area contributed by atoms with Gasteiger partial charge in [0.2, 0.25) is 0 Å². The average Bonchev–Trinajstić information content (AvgIpc) is 2.90. The van der Waals surface area contributed by atoms with Crippen LogP contribution in [0.2, 0.25) is 0 Å². The average molecular weight is 314 g/mol. The highest BCUT2D eigenvalue weighted by atomic mass is 32.2. The Morgan fingerprint density at radius 2 is 2.19 bits per heavy atom. The third-order valence-corrected chi connectivity index (χ3v) is 3.91. The second-order valence-electron chi connectivity index (χ2n) is 4.07. The first-order valence-electron chi connectivity index (χ1n) is 5.84. The van der Waals surface area contributed by atoms with E-state index in [9.17, 15) is 22.9 Å². The number of benzene rings is 1. The predicted molar refractivity (Wildman–Crippen MR) is 71.8 cm³/mol. The van der Waals surface area contributed by atoms with E-state index in [1.54, 1.807) is 6.92 Å². The number of hydrogen-bond donors (Lipinski definition) is 2. The van der Waals surface area contributed by atoms with Crippen LogP contribution in [0.4, 0.5) is 15.8 Å². The number of imidazole rings is 1. The molecule has 0 saturated carbocycles. The number of aromatic nitrogens is 2. The summed E-state index contributed by atoms with van der Waals surface area (Å²) in [6, 6.07) is 2.63. The summed E-state index contributed by atoms with van der Waals surface area (Å²) < 4.78 is 39.7. The Bertz CT molecular complexity index is 787. The zero-order valence-corrected chi connectivity index (χ0v) is 11.6. The number of non-ortho nitro benzene ring substituents is 1. The number of aryl methyl sites for hydroxylation is 1. The predicted octanol–water partition coefficient (Wildman–Crippen LogP) is 1.82. The van der Waals surface area contributed by atoms with Gasteiger partial charge in [0, 0.05) is 12.5 Å². The third-order valence-electron chi connectivity index (χ3n) is 2.64. The van der Waals surface area contributed by atoms with E-state index in [4.69, 9.17) is 0 Å². The van der Waals surface area contributed by atoms with Crippen LogP contribution in [0.25, 0.3) is 0 Å². The molecular formula is C11H11FN4O4S. The van der Waals surface area contributed by atoms with Crippen molar-refractivity contribution in [1.82, 2.24) is 9.97 Å². The maximum absolute atomic E-state index is 13.7. The van der Waals surface area contributed by atoms with Crippen molar-refractivity contribution in [1.29, 1.82) is 0 Å². The number of nitrogens with one attached hydrogen (secondary N) is 2. The molecule has 0 unspecified atom stereocenters. The van der Waals surface area contributed by atoms with Gasteiger partial charge in [0.15, 0.2) is 10.8 Å². The normalized spacial score (nSPS) is 11.3. The molecule has 0 atom stereocenters. The number of nitrogens with zero attached hydrogens (tertiary/aromatic N) is 2. The molecule has 1 aromatic heterocycles. The Balaban J connectivity index is 2.30. The van der Waals surface area contributed by atoms with E-state index in [-0.39, 0.29) is 10.7 Å². The highest BCUT2D eigenvalue weighted by Crippen LogP contribution is 2.22. The lowest BCUT2D eigenvalue weighted by Gasteiger charge is -2.07. The molecule has 2 rings (SSSR count). The van der Waals surface area contributed by atoms with Gasteiger partial charge in [-0.3, -0.25) is 14.8 Å². The van der Waals surface area contributed by atoms with Gasteiger partial charge in [-0.1, -0.05) is 6.92 Å². The van der Waals surface area contributed by atoms with E-state index in [1.807, 2.05) is 4.72 Å². The van der Waals surface area contributed by atoms with Crippen molar-refractivity contribution >= 4 is 21.4 Å². The maximum Gasteiger partial charge on any atom is 0.279 e. The number of halogens is 1. The summed E-state index contributed by atoms with van der Waals surface area (Å²) in [5, 5.41) is 10.3. The number of hydrogen-bond acceptors (Lipinski definition) is 5. The second-order valence-corrected chi connectivity index (χ2v) is 5.73. The van der Waals surface area contributed by atoms with Crippen LogP contribution in [0.3, 0.4) is 0 Å². The molecule has 21 heavy (non-hydrogen) atoms. The first-order chi connectivity index (χ1) is 9.83. The second kappa shape index (κ2) is 5.48. The molecule has 1 heterocycles. The first-order valence-corrected chi connectivity index (χ1v) is 7.32. The molecule has 0 spiro atoms. The summed E-state index contributed by atoms with van der Waals surface area (Å²) in [4.78, 5) is 16.1. The fourth-order valence-corrected chi connectivity index (χ4v) is 2.57. The van der Waals surface area contributed by atoms with Crippen molar-refractivity contribution in [2.45, 2.75) is 18.4 Å². The third kappa shape index (κ3) is 3.16. The molecule has 112 valence electrons. The van der Waals surface area contributed by atoms with E-state index >= 15 is 0 Å². The number of nitro groups is 1. The van der Waals surface area contributed by atoms with Crippen LogP contribution in [0.5, 0.6) is 0 Å². The number of nitro benzene ring substituents is 1. The van der Waals surface area contributed by atoms with Crippen LogP contribution in [0.15, 0.2) is 29.4 Å². The van der Waals surface area contributed by atoms with Crippen molar-refractivity contribution < 1.29 is 17.7 Å². The largest absolute Gasteiger partial charge is 0.332 e. The lowest BCUT2D eigenvalue weighted by Crippen LogP contribution is -2.14. The maximum atomic E-state index is 13.7. The Labute approximate surface area is 119 Å². The summed E-state index contributed by atoms with van der Waals surface area (Å²) in [5.41, 5.74) is -0.849. The molecule has 0 saturated heterocycles. The number of sulfonamides is 1. The van der Waals surface area contributed by atoms with Crippen LogP contribution < -0.4 is 4.72 Å². The van der Waals surface area contributed by atoms with Crippen LogP contribution in [0, 0.1) is 15.9 Å². The lowest BCUT2D eigenvalue weighted by molar-refractivity contribution is -0.385. The number of anilines is 1. The van der Waals surface area contributed by atoms with Gasteiger partial charge < -0.3 is 4.98 Å². The van der Waals surface area contributed by atoms with Gasteiger partial charge in [0.05, 0.1) is 22.9 Å². The van der Waals surface area contributed by atoms with Gasteiger partial charge in [0.1, 0.15) is 5.82 Å². The minimum Gasteiger partial charge on any atom is -0.332 e. The van der Waals surface area contributed by atoms with Gasteiger partial charge in [-0.2, -0.15) is 8.42 Å². The molecule has 0 radical (unpaired) electrons. The molecule has 0 fully saturated rings. The van der Waals surface area contributed by atoms with Gasteiger partial charge in [-0.05, 0) is 6.07 Å². The molecule has 8 nitrogen and oxygen atoms in total. The molecule has 0 aliphatic heterocycles. The summed E-state index contributed by atoms with van der Waals surface area (Å²) in [7, 11) is -4.04. The Morgan fingerprint density at radius 1 is 1.48 bits per heavy atom. The highest BCUT2D eigenvalue weighted by Gasteiger charge is 2.20. The lowest BCUT2D eigenvalue weighted by atomic mass is 10.3. The zero-order valence-electron chi connectivity index (χ0n) is 10.8. The van der Waals surface area contributed by atoms with Gasteiger partial charge in [-0.25, -0.2) is 9.37 Å². The van der Waals surface area contributed by atoms with E-state index in [1.165, 1.54) is 0 Å². The van der Waals surface area contributed by atoms with Crippen molar-refractivity contribution in [3.8, 4) is 0 Å². The smallest absolute Gasteiger partial charge is 0.279 e. The van der Waals surface area contributed by atoms with Crippen LogP contribution in [-0.4, -0.2) is 23.3 Å². The monoisotopic (exact) mass is 314 g/mol. The van der Waals surface area contributed by atoms with Gasteiger partial charge >= 0.3 is 0 Å². The van der Waals surface area contributed by atoms with Crippen LogP contribution in [0.1, 0.15) is 12.7 Å². The van der Waals surface area contributed by atoms with Crippen molar-refractivity contribution in [2.75, 3.05) is 4.72 Å². The Morgan fingerprint density at radius 3 is 2.71 bits per heavy atom. The molecule has 1 aromatic carbocycles. The molecule has 0 bridgehead atoms. The summed E-state index contributed by atoms with van der Waals surface area (Å²) >= 11 is 0.